The second kappa shape index (κ2) is 22.0. The standard InChI is InChI=1S/2C13H21.2CH3.2ClH.H2Si.Ti/c2*1-5-6-7-11-8-9-12(10-11)13(2,3)4;;;;;;/h2*10H,5-7,9H2,1-4H3;2*1H3;2*1H;1H2;/q4*-1;;;;. The second-order valence-corrected chi connectivity index (χ2v) is 9.80. The molecule has 2 rings (SSSR count). The third-order valence-corrected chi connectivity index (χ3v) is 5.23. The third-order valence-electron chi connectivity index (χ3n) is 5.23. The number of unbranched alkanes of at least 4 members (excludes halogenated alkanes) is 2. The zero-order valence-corrected chi connectivity index (χ0v) is 27.4. The van der Waals surface area contributed by atoms with Gasteiger partial charge in [-0.1, -0.05) is 93.9 Å². The zero-order valence-electron chi connectivity index (χ0n) is 22.8. The molecule has 0 aliphatic heterocycles. The zero-order chi connectivity index (χ0) is 21.8. The maximum absolute atomic E-state index is 3.47. The molecule has 0 fully saturated rings. The van der Waals surface area contributed by atoms with Gasteiger partial charge in [-0.15, -0.1) is 37.7 Å². The molecule has 0 N–H and O–H groups in total. The Labute approximate surface area is 229 Å². The van der Waals surface area contributed by atoms with Crippen molar-refractivity contribution in [2.75, 3.05) is 0 Å². The monoisotopic (exact) mass is 534 g/mol. The second-order valence-electron chi connectivity index (χ2n) is 9.80. The molecule has 0 unspecified atom stereocenters. The van der Waals surface area contributed by atoms with Crippen LogP contribution in [0, 0.1) is 37.8 Å². The predicted molar refractivity (Wildman–Crippen MR) is 153 cm³/mol. The van der Waals surface area contributed by atoms with Crippen molar-refractivity contribution in [1.82, 2.24) is 0 Å². The van der Waals surface area contributed by atoms with Crippen LogP contribution in [0.15, 0.2) is 34.4 Å². The molecule has 0 aromatic carbocycles. The van der Waals surface area contributed by atoms with Crippen LogP contribution in [-0.2, 0) is 19.2 Å². The van der Waals surface area contributed by atoms with Gasteiger partial charge in [-0.05, 0) is 10.8 Å². The van der Waals surface area contributed by atoms with Crippen LogP contribution in [0.1, 0.15) is 107 Å². The van der Waals surface area contributed by atoms with E-state index >= 15 is 0 Å². The van der Waals surface area contributed by atoms with E-state index in [4.69, 9.17) is 0 Å². The molecule has 0 aromatic heterocycles. The summed E-state index contributed by atoms with van der Waals surface area (Å²) in [7, 11) is 1.86. The van der Waals surface area contributed by atoms with Gasteiger partial charge < -0.3 is 14.9 Å². The molecule has 0 radical (unpaired) electrons. The van der Waals surface area contributed by atoms with Gasteiger partial charge in [0.1, 0.15) is 0 Å². The maximum atomic E-state index is 3.47. The summed E-state index contributed by atoms with van der Waals surface area (Å²) in [4.78, 5) is 0. The van der Waals surface area contributed by atoms with E-state index in [1.165, 1.54) is 49.7 Å². The van der Waals surface area contributed by atoms with Gasteiger partial charge in [0.2, 0.25) is 0 Å². The fourth-order valence-corrected chi connectivity index (χ4v) is 3.06. The molecule has 2 aliphatic rings. The summed E-state index contributed by atoms with van der Waals surface area (Å²) in [6.45, 7) is 18.2. The van der Waals surface area contributed by atoms with Crippen molar-refractivity contribution >= 4 is 32.4 Å². The number of hydrogen-bond acceptors (Lipinski definition) is 0. The van der Waals surface area contributed by atoms with E-state index in [1.54, 1.807) is 11.1 Å². The first-order valence-electron chi connectivity index (χ1n) is 11.0. The Morgan fingerprint density at radius 3 is 1.19 bits per heavy atom. The van der Waals surface area contributed by atoms with E-state index in [0.29, 0.717) is 10.8 Å². The molecule has 190 valence electrons. The summed E-state index contributed by atoms with van der Waals surface area (Å²) < 4.78 is 0. The summed E-state index contributed by atoms with van der Waals surface area (Å²) in [6, 6.07) is 0. The predicted octanol–water partition coefficient (Wildman–Crippen LogP) is 9.39. The van der Waals surface area contributed by atoms with Crippen LogP contribution in [0.2, 0.25) is 0 Å². The topological polar surface area (TPSA) is 0 Å². The van der Waals surface area contributed by atoms with Gasteiger partial charge in [0.15, 0.2) is 0 Å². The summed E-state index contributed by atoms with van der Waals surface area (Å²) in [5, 5.41) is 0. The number of halogens is 2. The van der Waals surface area contributed by atoms with Crippen LogP contribution in [0.3, 0.4) is 0 Å². The molecular formula is C28H52Cl2SiTi-4. The minimum atomic E-state index is 0. The Bertz CT molecular complexity index is 536. The van der Waals surface area contributed by atoms with Crippen LogP contribution in [-0.4, -0.2) is 7.63 Å². The summed E-state index contributed by atoms with van der Waals surface area (Å²) >= 11 is 2.03. The van der Waals surface area contributed by atoms with Crippen molar-refractivity contribution in [3.8, 4) is 0 Å². The molecule has 32 heavy (non-hydrogen) atoms. The molecule has 0 aromatic rings. The van der Waals surface area contributed by atoms with Crippen molar-refractivity contribution in [3.05, 3.63) is 61.4 Å². The number of hydrogen-bond donors (Lipinski definition) is 0. The summed E-state index contributed by atoms with van der Waals surface area (Å²) in [5.41, 5.74) is 6.62. The Kier molecular flexibility index (Phi) is 29.3. The average Bonchev–Trinajstić information content (AvgIpc) is 3.29. The molecule has 2 aliphatic carbocycles. The van der Waals surface area contributed by atoms with Gasteiger partial charge in [-0.25, -0.2) is 23.3 Å². The van der Waals surface area contributed by atoms with E-state index in [9.17, 15) is 0 Å². The first-order chi connectivity index (χ1) is 13.1. The summed E-state index contributed by atoms with van der Waals surface area (Å²) in [6.07, 6.45) is 21.4. The fourth-order valence-electron chi connectivity index (χ4n) is 3.06. The quantitative estimate of drug-likeness (QED) is 0.235. The fraction of sp³-hybridized carbons (Fsp3) is 0.643. The normalized spacial score (nSPS) is 14.1. The van der Waals surface area contributed by atoms with Crippen LogP contribution >= 0.6 is 24.8 Å². The van der Waals surface area contributed by atoms with E-state index in [1.807, 2.05) is 26.8 Å². The Morgan fingerprint density at radius 2 is 1.00 bits per heavy atom. The molecule has 0 atom stereocenters. The molecule has 0 saturated carbocycles. The average molecular weight is 536 g/mol. The first-order valence-corrected chi connectivity index (χ1v) is 15.1. The van der Waals surface area contributed by atoms with Crippen LogP contribution in [0.5, 0.6) is 0 Å². The SMILES string of the molecule is CCCCC1=[C-]CC(C(C)(C)C)=C1.CCCCC1=[C-]CC(C(C)(C)C)=C1.Cl.Cl.[CH3-].[CH3-].[SiH2]=[Ti]. The van der Waals surface area contributed by atoms with Gasteiger partial charge in [0.25, 0.3) is 0 Å². The van der Waals surface area contributed by atoms with Gasteiger partial charge in [-0.3, -0.25) is 12.2 Å². The first kappa shape index (κ1) is 42.6. The Hall–Kier alpha value is 0.471. The summed E-state index contributed by atoms with van der Waals surface area (Å²) in [5.74, 6) is 0. The van der Waals surface area contributed by atoms with E-state index in [2.05, 4.69) is 79.7 Å². The van der Waals surface area contributed by atoms with E-state index in [-0.39, 0.29) is 39.7 Å². The molecular weight excluding hydrogens is 483 g/mol. The molecule has 0 spiro atoms. The van der Waals surface area contributed by atoms with Crippen molar-refractivity contribution < 1.29 is 19.2 Å². The van der Waals surface area contributed by atoms with E-state index < -0.39 is 0 Å². The van der Waals surface area contributed by atoms with Gasteiger partial charge in [0.05, 0.1) is 0 Å². The minimum absolute atomic E-state index is 0. The van der Waals surface area contributed by atoms with Crippen molar-refractivity contribution in [1.29, 1.82) is 0 Å². The molecule has 0 saturated heterocycles. The third kappa shape index (κ3) is 17.9. The Morgan fingerprint density at radius 1 is 0.719 bits per heavy atom. The Balaban J connectivity index is -0.000000126. The van der Waals surface area contributed by atoms with Crippen LogP contribution < -0.4 is 0 Å². The van der Waals surface area contributed by atoms with Crippen LogP contribution in [0.4, 0.5) is 0 Å². The van der Waals surface area contributed by atoms with Gasteiger partial charge in [0, 0.05) is 0 Å². The van der Waals surface area contributed by atoms with Crippen molar-refractivity contribution in [3.63, 3.8) is 0 Å². The molecule has 0 nitrogen and oxygen atoms in total. The van der Waals surface area contributed by atoms with Gasteiger partial charge in [-0.2, -0.15) is 11.1 Å². The van der Waals surface area contributed by atoms with E-state index in [0.717, 1.165) is 12.8 Å². The molecule has 0 bridgehead atoms. The molecule has 0 heterocycles. The number of allylic oxidation sites excluding steroid dienone is 8. The van der Waals surface area contributed by atoms with Crippen LogP contribution in [0.25, 0.3) is 0 Å². The number of rotatable bonds is 6. The molecule has 0 amide bonds. The van der Waals surface area contributed by atoms with Gasteiger partial charge >= 0.3 is 26.8 Å². The van der Waals surface area contributed by atoms with Crippen molar-refractivity contribution in [2.24, 2.45) is 10.8 Å². The molecule has 4 heteroatoms. The van der Waals surface area contributed by atoms with Crippen molar-refractivity contribution in [2.45, 2.75) is 107 Å².